The topological polar surface area (TPSA) is 24.9 Å². The first kappa shape index (κ1) is 12.1. The average molecular weight is 210 g/mol. The number of nitrogens with zero attached hydrogens (tertiary/aromatic N) is 1. The Kier molecular flexibility index (Phi) is 4.69. The van der Waals surface area contributed by atoms with Gasteiger partial charge in [0.05, 0.1) is 11.7 Å². The van der Waals surface area contributed by atoms with Gasteiger partial charge in [-0.15, -0.1) is 0 Å². The summed E-state index contributed by atoms with van der Waals surface area (Å²) in [6.07, 6.45) is 3.66. The number of rotatable bonds is 5. The van der Waals surface area contributed by atoms with Gasteiger partial charge in [-0.1, -0.05) is 20.3 Å². The lowest BCUT2D eigenvalue weighted by molar-refractivity contribution is 0.403. The van der Waals surface area contributed by atoms with Gasteiger partial charge in [0.25, 0.3) is 0 Å². The SMILES string of the molecule is CCC(C)CC(NC)c1ncccc1F. The molecule has 2 unspecified atom stereocenters. The van der Waals surface area contributed by atoms with Crippen LogP contribution in [-0.4, -0.2) is 12.0 Å². The zero-order chi connectivity index (χ0) is 11.3. The van der Waals surface area contributed by atoms with Gasteiger partial charge in [-0.2, -0.15) is 0 Å². The second-order valence-electron chi connectivity index (χ2n) is 3.96. The van der Waals surface area contributed by atoms with Crippen molar-refractivity contribution in [3.05, 3.63) is 29.8 Å². The summed E-state index contributed by atoms with van der Waals surface area (Å²) >= 11 is 0. The van der Waals surface area contributed by atoms with E-state index in [1.807, 2.05) is 7.05 Å². The molecular formula is C12H19FN2. The van der Waals surface area contributed by atoms with Crippen LogP contribution in [-0.2, 0) is 0 Å². The first-order valence-corrected chi connectivity index (χ1v) is 5.46. The van der Waals surface area contributed by atoms with Crippen LogP contribution in [0.25, 0.3) is 0 Å². The van der Waals surface area contributed by atoms with E-state index < -0.39 is 0 Å². The van der Waals surface area contributed by atoms with Crippen LogP contribution in [0.3, 0.4) is 0 Å². The molecule has 1 aromatic rings. The molecule has 0 amide bonds. The lowest BCUT2D eigenvalue weighted by atomic mass is 9.97. The molecule has 2 atom stereocenters. The van der Waals surface area contributed by atoms with Crippen molar-refractivity contribution in [3.8, 4) is 0 Å². The quantitative estimate of drug-likeness (QED) is 0.808. The summed E-state index contributed by atoms with van der Waals surface area (Å²) in [4.78, 5) is 4.10. The van der Waals surface area contributed by atoms with Gasteiger partial charge in [0.15, 0.2) is 0 Å². The second kappa shape index (κ2) is 5.81. The third kappa shape index (κ3) is 3.27. The van der Waals surface area contributed by atoms with Crippen LogP contribution in [0, 0.1) is 11.7 Å². The van der Waals surface area contributed by atoms with Crippen LogP contribution in [0.1, 0.15) is 38.4 Å². The molecule has 3 heteroatoms. The summed E-state index contributed by atoms with van der Waals surface area (Å²) in [5.74, 6) is 0.351. The van der Waals surface area contributed by atoms with Gasteiger partial charge in [-0.05, 0) is 31.5 Å². The summed E-state index contributed by atoms with van der Waals surface area (Å²) in [5, 5.41) is 3.12. The molecule has 0 aliphatic rings. The lowest BCUT2D eigenvalue weighted by Gasteiger charge is -2.19. The van der Waals surface area contributed by atoms with Crippen molar-refractivity contribution in [2.24, 2.45) is 5.92 Å². The molecule has 0 saturated carbocycles. The molecule has 0 saturated heterocycles. The van der Waals surface area contributed by atoms with Crippen molar-refractivity contribution in [2.45, 2.75) is 32.7 Å². The summed E-state index contributed by atoms with van der Waals surface area (Å²) < 4.78 is 13.5. The summed E-state index contributed by atoms with van der Waals surface area (Å²) in [6, 6.07) is 3.10. The molecule has 0 aromatic carbocycles. The highest BCUT2D eigenvalue weighted by molar-refractivity contribution is 5.11. The van der Waals surface area contributed by atoms with Gasteiger partial charge in [0.2, 0.25) is 0 Å². The smallest absolute Gasteiger partial charge is 0.146 e. The van der Waals surface area contributed by atoms with Crippen molar-refractivity contribution >= 4 is 0 Å². The summed E-state index contributed by atoms with van der Waals surface area (Å²) in [6.45, 7) is 4.32. The van der Waals surface area contributed by atoms with Gasteiger partial charge >= 0.3 is 0 Å². The van der Waals surface area contributed by atoms with Crippen molar-refractivity contribution < 1.29 is 4.39 Å². The molecule has 15 heavy (non-hydrogen) atoms. The lowest BCUT2D eigenvalue weighted by Crippen LogP contribution is -2.21. The fourth-order valence-corrected chi connectivity index (χ4v) is 1.59. The summed E-state index contributed by atoms with van der Waals surface area (Å²) in [5.41, 5.74) is 0.528. The van der Waals surface area contributed by atoms with Crippen LogP contribution >= 0.6 is 0 Å². The highest BCUT2D eigenvalue weighted by Crippen LogP contribution is 2.22. The molecule has 1 aromatic heterocycles. The number of aromatic nitrogens is 1. The van der Waals surface area contributed by atoms with Crippen LogP contribution in [0.15, 0.2) is 18.3 Å². The fourth-order valence-electron chi connectivity index (χ4n) is 1.59. The predicted molar refractivity (Wildman–Crippen MR) is 60.1 cm³/mol. The Labute approximate surface area is 90.9 Å². The van der Waals surface area contributed by atoms with Crippen LogP contribution in [0.2, 0.25) is 0 Å². The first-order valence-electron chi connectivity index (χ1n) is 5.46. The fraction of sp³-hybridized carbons (Fsp3) is 0.583. The molecule has 1 rings (SSSR count). The van der Waals surface area contributed by atoms with E-state index in [4.69, 9.17) is 0 Å². The molecule has 2 nitrogen and oxygen atoms in total. The van der Waals surface area contributed by atoms with Gasteiger partial charge in [0.1, 0.15) is 5.82 Å². The Morgan fingerprint density at radius 1 is 1.53 bits per heavy atom. The highest BCUT2D eigenvalue weighted by Gasteiger charge is 2.17. The molecule has 1 heterocycles. The van der Waals surface area contributed by atoms with E-state index >= 15 is 0 Å². The number of hydrogen-bond acceptors (Lipinski definition) is 2. The van der Waals surface area contributed by atoms with Crippen molar-refractivity contribution in [1.82, 2.24) is 10.3 Å². The minimum Gasteiger partial charge on any atom is -0.312 e. The van der Waals surface area contributed by atoms with E-state index in [0.29, 0.717) is 11.6 Å². The minimum atomic E-state index is -0.222. The Morgan fingerprint density at radius 3 is 2.80 bits per heavy atom. The van der Waals surface area contributed by atoms with E-state index in [2.05, 4.69) is 24.1 Å². The zero-order valence-electron chi connectivity index (χ0n) is 9.63. The third-order valence-corrected chi connectivity index (χ3v) is 2.80. The van der Waals surface area contributed by atoms with E-state index in [9.17, 15) is 4.39 Å². The normalized spacial score (nSPS) is 14.9. The largest absolute Gasteiger partial charge is 0.312 e. The molecule has 0 bridgehead atoms. The van der Waals surface area contributed by atoms with Crippen molar-refractivity contribution in [2.75, 3.05) is 7.05 Å². The van der Waals surface area contributed by atoms with Gasteiger partial charge in [-0.25, -0.2) is 4.39 Å². The zero-order valence-corrected chi connectivity index (χ0v) is 9.63. The Morgan fingerprint density at radius 2 is 2.27 bits per heavy atom. The van der Waals surface area contributed by atoms with Gasteiger partial charge in [0, 0.05) is 6.20 Å². The number of pyridine rings is 1. The van der Waals surface area contributed by atoms with Crippen molar-refractivity contribution in [3.63, 3.8) is 0 Å². The van der Waals surface area contributed by atoms with E-state index in [0.717, 1.165) is 12.8 Å². The molecule has 0 spiro atoms. The molecular weight excluding hydrogens is 191 g/mol. The molecule has 0 aliphatic heterocycles. The minimum absolute atomic E-state index is 0.0150. The van der Waals surface area contributed by atoms with Crippen molar-refractivity contribution in [1.29, 1.82) is 0 Å². The van der Waals surface area contributed by atoms with Gasteiger partial charge in [-0.3, -0.25) is 4.98 Å². The van der Waals surface area contributed by atoms with Crippen LogP contribution in [0.5, 0.6) is 0 Å². The number of nitrogens with one attached hydrogen (secondary N) is 1. The Hall–Kier alpha value is -0.960. The van der Waals surface area contributed by atoms with E-state index in [1.165, 1.54) is 6.07 Å². The Bertz CT molecular complexity index is 301. The molecule has 0 fully saturated rings. The van der Waals surface area contributed by atoms with E-state index in [-0.39, 0.29) is 11.9 Å². The van der Waals surface area contributed by atoms with Crippen LogP contribution < -0.4 is 5.32 Å². The van der Waals surface area contributed by atoms with E-state index in [1.54, 1.807) is 12.3 Å². The Balaban J connectivity index is 2.78. The molecule has 1 N–H and O–H groups in total. The van der Waals surface area contributed by atoms with Gasteiger partial charge < -0.3 is 5.32 Å². The molecule has 0 aliphatic carbocycles. The monoisotopic (exact) mass is 210 g/mol. The number of halogens is 1. The maximum atomic E-state index is 13.5. The standard InChI is InChI=1S/C12H19FN2/c1-4-9(2)8-11(14-3)12-10(13)6-5-7-15-12/h5-7,9,11,14H,4,8H2,1-3H3. The maximum Gasteiger partial charge on any atom is 0.146 e. The van der Waals surface area contributed by atoms with Crippen LogP contribution in [0.4, 0.5) is 4.39 Å². The second-order valence-corrected chi connectivity index (χ2v) is 3.96. The highest BCUT2D eigenvalue weighted by atomic mass is 19.1. The third-order valence-electron chi connectivity index (χ3n) is 2.80. The molecule has 0 radical (unpaired) electrons. The molecule has 84 valence electrons. The maximum absolute atomic E-state index is 13.5. The predicted octanol–water partition coefficient (Wildman–Crippen LogP) is 2.92. The first-order chi connectivity index (χ1) is 7.19. The summed E-state index contributed by atoms with van der Waals surface area (Å²) in [7, 11) is 1.85. The average Bonchev–Trinajstić information content (AvgIpc) is 2.26. The number of hydrogen-bond donors (Lipinski definition) is 1.